The second kappa shape index (κ2) is 6.85. The summed E-state index contributed by atoms with van der Waals surface area (Å²) in [5, 5.41) is 3.47. The summed E-state index contributed by atoms with van der Waals surface area (Å²) >= 11 is 1.50. The van der Waals surface area contributed by atoms with E-state index in [-0.39, 0.29) is 11.9 Å². The first-order chi connectivity index (χ1) is 9.67. The van der Waals surface area contributed by atoms with E-state index in [1.165, 1.54) is 23.3 Å². The first-order valence-electron chi connectivity index (χ1n) is 6.90. The van der Waals surface area contributed by atoms with E-state index >= 15 is 0 Å². The lowest BCUT2D eigenvalue weighted by Gasteiger charge is -2.11. The van der Waals surface area contributed by atoms with Gasteiger partial charge in [-0.05, 0) is 44.2 Å². The van der Waals surface area contributed by atoms with Gasteiger partial charge in [0.25, 0.3) is 0 Å². The zero-order valence-electron chi connectivity index (χ0n) is 11.7. The molecule has 1 amide bonds. The topological polar surface area (TPSA) is 81.4 Å². The predicted molar refractivity (Wildman–Crippen MR) is 79.2 cm³/mol. The molecule has 110 valence electrons. The molecule has 0 bridgehead atoms. The van der Waals surface area contributed by atoms with Gasteiger partial charge in [-0.15, -0.1) is 11.3 Å². The van der Waals surface area contributed by atoms with Crippen molar-refractivity contribution in [3.8, 4) is 0 Å². The SMILES string of the molecule is COC(=O)c1c(NC(=O)CCCN)sc2c1CCCC2. The molecule has 0 aromatic carbocycles. The number of anilines is 1. The molecular weight excluding hydrogens is 276 g/mol. The molecule has 0 unspecified atom stereocenters. The lowest BCUT2D eigenvalue weighted by atomic mass is 9.95. The zero-order valence-corrected chi connectivity index (χ0v) is 12.5. The fourth-order valence-electron chi connectivity index (χ4n) is 2.42. The summed E-state index contributed by atoms with van der Waals surface area (Å²) in [5.41, 5.74) is 7.00. The Morgan fingerprint density at radius 2 is 2.10 bits per heavy atom. The van der Waals surface area contributed by atoms with Crippen molar-refractivity contribution in [1.29, 1.82) is 0 Å². The van der Waals surface area contributed by atoms with Gasteiger partial charge in [0, 0.05) is 11.3 Å². The van der Waals surface area contributed by atoms with E-state index in [1.54, 1.807) is 0 Å². The second-order valence-corrected chi connectivity index (χ2v) is 5.95. The van der Waals surface area contributed by atoms with E-state index in [0.717, 1.165) is 31.2 Å². The van der Waals surface area contributed by atoms with Gasteiger partial charge >= 0.3 is 5.97 Å². The van der Waals surface area contributed by atoms with Crippen LogP contribution in [0.4, 0.5) is 5.00 Å². The molecule has 0 saturated carbocycles. The summed E-state index contributed by atoms with van der Waals surface area (Å²) in [6.45, 7) is 0.484. The van der Waals surface area contributed by atoms with Crippen molar-refractivity contribution in [3.05, 3.63) is 16.0 Å². The minimum atomic E-state index is -0.362. The second-order valence-electron chi connectivity index (χ2n) is 4.85. The average molecular weight is 296 g/mol. The van der Waals surface area contributed by atoms with Crippen molar-refractivity contribution in [2.75, 3.05) is 19.0 Å². The van der Waals surface area contributed by atoms with E-state index in [2.05, 4.69) is 5.32 Å². The number of esters is 1. The Labute approximate surface area is 122 Å². The van der Waals surface area contributed by atoms with Gasteiger partial charge in [0.1, 0.15) is 5.00 Å². The van der Waals surface area contributed by atoms with Gasteiger partial charge in [-0.1, -0.05) is 0 Å². The lowest BCUT2D eigenvalue weighted by molar-refractivity contribution is -0.116. The third kappa shape index (κ3) is 3.19. The molecule has 5 nitrogen and oxygen atoms in total. The van der Waals surface area contributed by atoms with Crippen LogP contribution in [0.15, 0.2) is 0 Å². The number of carbonyl (C=O) groups excluding carboxylic acids is 2. The molecule has 2 rings (SSSR count). The number of fused-ring (bicyclic) bond motifs is 1. The molecular formula is C14H20N2O3S. The van der Waals surface area contributed by atoms with Crippen LogP contribution in [0.2, 0.25) is 0 Å². The molecule has 20 heavy (non-hydrogen) atoms. The van der Waals surface area contributed by atoms with Gasteiger partial charge in [0.15, 0.2) is 0 Å². The maximum absolute atomic E-state index is 12.0. The van der Waals surface area contributed by atoms with Crippen molar-refractivity contribution in [1.82, 2.24) is 0 Å². The Morgan fingerprint density at radius 3 is 2.80 bits per heavy atom. The molecule has 0 saturated heterocycles. The molecule has 1 heterocycles. The molecule has 1 aromatic rings. The maximum Gasteiger partial charge on any atom is 0.341 e. The molecule has 1 aromatic heterocycles. The zero-order chi connectivity index (χ0) is 14.5. The number of hydrogen-bond acceptors (Lipinski definition) is 5. The summed E-state index contributed by atoms with van der Waals surface area (Å²) in [6.07, 6.45) is 5.09. The van der Waals surface area contributed by atoms with E-state index < -0.39 is 0 Å². The number of ether oxygens (including phenoxy) is 1. The average Bonchev–Trinajstić information content (AvgIpc) is 2.82. The van der Waals surface area contributed by atoms with Crippen LogP contribution in [0, 0.1) is 0 Å². The number of hydrogen-bond donors (Lipinski definition) is 2. The van der Waals surface area contributed by atoms with Crippen LogP contribution in [0.1, 0.15) is 46.5 Å². The number of nitrogens with two attached hydrogens (primary N) is 1. The number of carbonyl (C=O) groups is 2. The van der Waals surface area contributed by atoms with Crippen LogP contribution >= 0.6 is 11.3 Å². The van der Waals surface area contributed by atoms with Crippen molar-refractivity contribution in [2.45, 2.75) is 38.5 Å². The van der Waals surface area contributed by atoms with Gasteiger partial charge in [-0.25, -0.2) is 4.79 Å². The van der Waals surface area contributed by atoms with Crippen LogP contribution in [0.5, 0.6) is 0 Å². The number of aryl methyl sites for hydroxylation is 1. The number of methoxy groups -OCH3 is 1. The molecule has 6 heteroatoms. The first-order valence-corrected chi connectivity index (χ1v) is 7.71. The monoisotopic (exact) mass is 296 g/mol. The minimum Gasteiger partial charge on any atom is -0.465 e. The third-order valence-electron chi connectivity index (χ3n) is 3.42. The summed E-state index contributed by atoms with van der Waals surface area (Å²) in [6, 6.07) is 0. The van der Waals surface area contributed by atoms with Gasteiger partial charge in [0.05, 0.1) is 12.7 Å². The molecule has 0 atom stereocenters. The molecule has 1 aliphatic rings. The van der Waals surface area contributed by atoms with Crippen LogP contribution < -0.4 is 11.1 Å². The normalized spacial score (nSPS) is 13.7. The number of nitrogens with one attached hydrogen (secondary N) is 1. The fourth-order valence-corrected chi connectivity index (χ4v) is 3.72. The largest absolute Gasteiger partial charge is 0.465 e. The van der Waals surface area contributed by atoms with Gasteiger partial charge in [-0.2, -0.15) is 0 Å². The third-order valence-corrected chi connectivity index (χ3v) is 4.63. The van der Waals surface area contributed by atoms with Crippen LogP contribution in [0.25, 0.3) is 0 Å². The van der Waals surface area contributed by atoms with Crippen molar-refractivity contribution < 1.29 is 14.3 Å². The van der Waals surface area contributed by atoms with Crippen LogP contribution in [-0.4, -0.2) is 25.5 Å². The summed E-state index contributed by atoms with van der Waals surface area (Å²) < 4.78 is 4.86. The van der Waals surface area contributed by atoms with Crippen molar-refractivity contribution in [2.24, 2.45) is 5.73 Å². The van der Waals surface area contributed by atoms with Gasteiger partial charge < -0.3 is 15.8 Å². The highest BCUT2D eigenvalue weighted by Crippen LogP contribution is 2.38. The summed E-state index contributed by atoms with van der Waals surface area (Å²) in [4.78, 5) is 25.0. The smallest absolute Gasteiger partial charge is 0.341 e. The molecule has 1 aliphatic carbocycles. The van der Waals surface area contributed by atoms with E-state index in [1.807, 2.05) is 0 Å². The minimum absolute atomic E-state index is 0.0980. The number of rotatable bonds is 5. The summed E-state index contributed by atoms with van der Waals surface area (Å²) in [5.74, 6) is -0.460. The van der Waals surface area contributed by atoms with Crippen molar-refractivity contribution in [3.63, 3.8) is 0 Å². The Hall–Kier alpha value is -1.40. The van der Waals surface area contributed by atoms with Crippen LogP contribution in [0.3, 0.4) is 0 Å². The number of amides is 1. The number of thiophene rings is 1. The maximum atomic E-state index is 12.0. The molecule has 3 N–H and O–H groups in total. The van der Waals surface area contributed by atoms with Crippen LogP contribution in [-0.2, 0) is 22.4 Å². The van der Waals surface area contributed by atoms with E-state index in [0.29, 0.717) is 30.0 Å². The molecule has 0 spiro atoms. The van der Waals surface area contributed by atoms with E-state index in [4.69, 9.17) is 10.5 Å². The van der Waals surface area contributed by atoms with Gasteiger partial charge in [-0.3, -0.25) is 4.79 Å². The Kier molecular flexibility index (Phi) is 5.14. The summed E-state index contributed by atoms with van der Waals surface area (Å²) in [7, 11) is 1.37. The lowest BCUT2D eigenvalue weighted by Crippen LogP contribution is -2.15. The highest BCUT2D eigenvalue weighted by Gasteiger charge is 2.26. The molecule has 0 aliphatic heterocycles. The predicted octanol–water partition coefficient (Wildman–Crippen LogP) is 2.09. The Morgan fingerprint density at radius 1 is 1.35 bits per heavy atom. The highest BCUT2D eigenvalue weighted by molar-refractivity contribution is 7.17. The van der Waals surface area contributed by atoms with Crippen molar-refractivity contribution >= 4 is 28.2 Å². The Bertz CT molecular complexity index is 511. The molecule has 0 fully saturated rings. The molecule has 0 radical (unpaired) electrons. The highest BCUT2D eigenvalue weighted by atomic mass is 32.1. The quantitative estimate of drug-likeness (QED) is 0.815. The first kappa shape index (κ1) is 15.0. The van der Waals surface area contributed by atoms with Gasteiger partial charge in [0.2, 0.25) is 5.91 Å². The fraction of sp³-hybridized carbons (Fsp3) is 0.571. The Balaban J connectivity index is 2.25. The van der Waals surface area contributed by atoms with E-state index in [9.17, 15) is 9.59 Å². The standard InChI is InChI=1S/C14H20N2O3S/c1-19-14(18)12-9-5-2-3-6-10(9)20-13(12)16-11(17)7-4-8-15/h2-8,15H2,1H3,(H,16,17).